The third kappa shape index (κ3) is 4.64. The monoisotopic (exact) mass is 390 g/mol. The number of hydrogen-bond acceptors (Lipinski definition) is 3. The first-order valence-corrected chi connectivity index (χ1v) is 11.7. The van der Waals surface area contributed by atoms with Crippen LogP contribution in [0.5, 0.6) is 0 Å². The Morgan fingerprint density at radius 3 is 2.00 bits per heavy atom. The summed E-state index contributed by atoms with van der Waals surface area (Å²) in [6, 6.07) is 0.965. The fourth-order valence-corrected chi connectivity index (χ4v) is 6.06. The average molecular weight is 391 g/mol. The van der Waals surface area contributed by atoms with Gasteiger partial charge in [0.15, 0.2) is 0 Å². The molecule has 0 radical (unpaired) electrons. The van der Waals surface area contributed by atoms with Crippen molar-refractivity contribution in [1.29, 1.82) is 0 Å². The number of hydrogen-bond donors (Lipinski definition) is 3. The van der Waals surface area contributed by atoms with E-state index < -0.39 is 0 Å². The van der Waals surface area contributed by atoms with Gasteiger partial charge < -0.3 is 21.3 Å². The summed E-state index contributed by atoms with van der Waals surface area (Å²) in [5.41, 5.74) is 6.37. The van der Waals surface area contributed by atoms with Gasteiger partial charge in [-0.3, -0.25) is 4.79 Å². The first-order chi connectivity index (χ1) is 13.6. The lowest BCUT2D eigenvalue weighted by Gasteiger charge is -2.44. The fourth-order valence-electron chi connectivity index (χ4n) is 6.06. The van der Waals surface area contributed by atoms with Crippen LogP contribution in [0.3, 0.4) is 0 Å². The number of carbonyl (C=O) groups excluding carboxylic acids is 2. The summed E-state index contributed by atoms with van der Waals surface area (Å²) in [5.74, 6) is 1.44. The molecule has 6 heteroatoms. The molecule has 3 aliphatic carbocycles. The van der Waals surface area contributed by atoms with Gasteiger partial charge in [-0.05, 0) is 63.2 Å². The smallest absolute Gasteiger partial charge is 0.317 e. The summed E-state index contributed by atoms with van der Waals surface area (Å²) >= 11 is 0. The molecule has 4 rings (SSSR count). The molecule has 1 saturated heterocycles. The summed E-state index contributed by atoms with van der Waals surface area (Å²) in [5, 5.41) is 6.51. The molecular formula is C22H38N4O2. The van der Waals surface area contributed by atoms with Crippen LogP contribution < -0.4 is 16.4 Å². The Hall–Kier alpha value is -1.30. The van der Waals surface area contributed by atoms with Crippen LogP contribution >= 0.6 is 0 Å². The number of amides is 3. The van der Waals surface area contributed by atoms with Crippen molar-refractivity contribution in [1.82, 2.24) is 15.5 Å². The molecule has 3 saturated carbocycles. The van der Waals surface area contributed by atoms with Crippen LogP contribution in [0.25, 0.3) is 0 Å². The third-order valence-electron chi connectivity index (χ3n) is 7.85. The molecule has 3 amide bonds. The number of nitrogens with one attached hydrogen (secondary N) is 2. The maximum atomic E-state index is 12.8. The molecule has 2 unspecified atom stereocenters. The number of carbonyl (C=O) groups is 2. The second-order valence-corrected chi connectivity index (χ2v) is 9.75. The zero-order chi connectivity index (χ0) is 19.5. The second-order valence-electron chi connectivity index (χ2n) is 9.75. The minimum absolute atomic E-state index is 0.0887. The minimum Gasteiger partial charge on any atom is -0.353 e. The highest BCUT2D eigenvalue weighted by Gasteiger charge is 2.41. The first kappa shape index (κ1) is 20.0. The summed E-state index contributed by atoms with van der Waals surface area (Å²) < 4.78 is 0. The second kappa shape index (κ2) is 9.02. The van der Waals surface area contributed by atoms with E-state index in [2.05, 4.69) is 10.6 Å². The number of likely N-dealkylation sites (tertiary alicyclic amines) is 1. The van der Waals surface area contributed by atoms with Crippen LogP contribution in [0, 0.1) is 17.8 Å². The highest BCUT2D eigenvalue weighted by atomic mass is 16.2. The number of fused-ring (bicyclic) bond motifs is 2. The van der Waals surface area contributed by atoms with Crippen LogP contribution in [-0.2, 0) is 4.79 Å². The van der Waals surface area contributed by atoms with Crippen molar-refractivity contribution in [3.05, 3.63) is 0 Å². The molecular weight excluding hydrogens is 352 g/mol. The SMILES string of the molecule is NC1C2CCCC1CC(C(=O)NC1CCN(C(=O)NC3CCCCC3)CC1)C2. The Morgan fingerprint density at radius 2 is 1.36 bits per heavy atom. The van der Waals surface area contributed by atoms with Crippen molar-refractivity contribution in [3.63, 3.8) is 0 Å². The van der Waals surface area contributed by atoms with Gasteiger partial charge >= 0.3 is 6.03 Å². The van der Waals surface area contributed by atoms with Crippen molar-refractivity contribution in [3.8, 4) is 0 Å². The molecule has 28 heavy (non-hydrogen) atoms. The first-order valence-electron chi connectivity index (χ1n) is 11.7. The molecule has 4 aliphatic rings. The Balaban J connectivity index is 1.20. The van der Waals surface area contributed by atoms with Gasteiger partial charge in [-0.15, -0.1) is 0 Å². The number of nitrogens with two attached hydrogens (primary N) is 1. The van der Waals surface area contributed by atoms with E-state index in [-0.39, 0.29) is 23.9 Å². The lowest BCUT2D eigenvalue weighted by molar-refractivity contribution is -0.128. The van der Waals surface area contributed by atoms with Gasteiger partial charge in [0.25, 0.3) is 0 Å². The Bertz CT molecular complexity index is 541. The number of urea groups is 1. The number of rotatable bonds is 3. The van der Waals surface area contributed by atoms with Crippen molar-refractivity contribution >= 4 is 11.9 Å². The van der Waals surface area contributed by atoms with Gasteiger partial charge in [0, 0.05) is 37.1 Å². The van der Waals surface area contributed by atoms with Gasteiger partial charge in [-0.1, -0.05) is 25.7 Å². The van der Waals surface area contributed by atoms with Crippen LogP contribution in [0.2, 0.25) is 0 Å². The van der Waals surface area contributed by atoms with Gasteiger partial charge in [0.2, 0.25) is 5.91 Å². The number of nitrogens with zero attached hydrogens (tertiary/aromatic N) is 1. The fraction of sp³-hybridized carbons (Fsp3) is 0.909. The number of piperidine rings is 1. The quantitative estimate of drug-likeness (QED) is 0.692. The topological polar surface area (TPSA) is 87.5 Å². The summed E-state index contributed by atoms with van der Waals surface area (Å²) in [6.07, 6.45) is 13.3. The van der Waals surface area contributed by atoms with E-state index in [0.717, 1.165) is 51.6 Å². The Labute approximate surface area is 169 Å². The molecule has 0 aromatic carbocycles. The Morgan fingerprint density at radius 1 is 0.750 bits per heavy atom. The van der Waals surface area contributed by atoms with Crippen LogP contribution in [0.1, 0.15) is 77.0 Å². The van der Waals surface area contributed by atoms with Crippen LogP contribution in [0.4, 0.5) is 4.79 Å². The van der Waals surface area contributed by atoms with E-state index in [1.165, 1.54) is 38.5 Å². The maximum Gasteiger partial charge on any atom is 0.317 e. The third-order valence-corrected chi connectivity index (χ3v) is 7.85. The largest absolute Gasteiger partial charge is 0.353 e. The molecule has 158 valence electrons. The van der Waals surface area contributed by atoms with Crippen molar-refractivity contribution in [2.75, 3.05) is 13.1 Å². The van der Waals surface area contributed by atoms with Crippen LogP contribution in [-0.4, -0.2) is 48.1 Å². The van der Waals surface area contributed by atoms with E-state index in [1.807, 2.05) is 4.90 Å². The molecule has 0 spiro atoms. The van der Waals surface area contributed by atoms with Crippen molar-refractivity contribution < 1.29 is 9.59 Å². The Kier molecular flexibility index (Phi) is 6.44. The van der Waals surface area contributed by atoms with Gasteiger partial charge in [-0.2, -0.15) is 0 Å². The van der Waals surface area contributed by atoms with E-state index in [9.17, 15) is 9.59 Å². The minimum atomic E-state index is 0.0887. The average Bonchev–Trinajstić information content (AvgIpc) is 2.69. The van der Waals surface area contributed by atoms with E-state index in [4.69, 9.17) is 5.73 Å². The normalized spacial score (nSPS) is 34.7. The van der Waals surface area contributed by atoms with Gasteiger partial charge in [0.1, 0.15) is 0 Å². The van der Waals surface area contributed by atoms with Crippen molar-refractivity contribution in [2.45, 2.75) is 95.2 Å². The highest BCUT2D eigenvalue weighted by molar-refractivity contribution is 5.79. The molecule has 0 aromatic rings. The molecule has 6 nitrogen and oxygen atoms in total. The van der Waals surface area contributed by atoms with E-state index in [0.29, 0.717) is 23.9 Å². The van der Waals surface area contributed by atoms with Crippen molar-refractivity contribution in [2.24, 2.45) is 23.5 Å². The predicted molar refractivity (Wildman–Crippen MR) is 110 cm³/mol. The highest BCUT2D eigenvalue weighted by Crippen LogP contribution is 2.42. The standard InChI is InChI=1S/C22H38N4O2/c23-20-15-5-4-6-16(20)14-17(13-15)21(27)24-19-9-11-26(12-10-19)22(28)25-18-7-2-1-3-8-18/h15-20H,1-14,23H2,(H,24,27)(H,25,28). The van der Waals surface area contributed by atoms with E-state index in [1.54, 1.807) is 0 Å². The van der Waals surface area contributed by atoms with Crippen LogP contribution in [0.15, 0.2) is 0 Å². The molecule has 2 bridgehead atoms. The van der Waals surface area contributed by atoms with Gasteiger partial charge in [-0.25, -0.2) is 4.79 Å². The summed E-state index contributed by atoms with van der Waals surface area (Å²) in [6.45, 7) is 1.48. The summed E-state index contributed by atoms with van der Waals surface area (Å²) in [4.78, 5) is 27.3. The molecule has 1 aliphatic heterocycles. The summed E-state index contributed by atoms with van der Waals surface area (Å²) in [7, 11) is 0. The predicted octanol–water partition coefficient (Wildman–Crippen LogP) is 2.76. The molecule has 1 heterocycles. The van der Waals surface area contributed by atoms with E-state index >= 15 is 0 Å². The molecule has 4 fully saturated rings. The molecule has 2 atom stereocenters. The lowest BCUT2D eigenvalue weighted by Crippen LogP contribution is -2.53. The van der Waals surface area contributed by atoms with Gasteiger partial charge in [0.05, 0.1) is 0 Å². The zero-order valence-electron chi connectivity index (χ0n) is 17.2. The molecule has 0 aromatic heterocycles. The molecule has 4 N–H and O–H groups in total. The maximum absolute atomic E-state index is 12.8. The lowest BCUT2D eigenvalue weighted by atomic mass is 9.65. The zero-order valence-corrected chi connectivity index (χ0v) is 17.2.